The molecular weight excluding hydrogens is 500 g/mol. The fourth-order valence-corrected chi connectivity index (χ4v) is 5.89. The van der Waals surface area contributed by atoms with Crippen LogP contribution >= 0.6 is 0 Å². The van der Waals surface area contributed by atoms with Crippen molar-refractivity contribution in [1.29, 1.82) is 5.41 Å². The van der Waals surface area contributed by atoms with Crippen molar-refractivity contribution in [3.05, 3.63) is 96.2 Å². The molecule has 1 saturated carbocycles. The minimum atomic E-state index is -0.258. The standard InChI is InChI=1S/C33H34N4O3/c1-39-27-16-8-23(9-17-27)29-30-32(34)37(25-12-14-26(38)15-13-25)21-35-33(30)36(20-22-6-4-3-5-7-22)31(29)24-10-18-28(40-2)19-11-24/h3-11,16-19,21,25-26,34,38H,12-15,20H2,1-2H3/t25-,26+. The monoisotopic (exact) mass is 534 g/mol. The van der Waals surface area contributed by atoms with Gasteiger partial charge in [-0.15, -0.1) is 0 Å². The molecule has 0 saturated heterocycles. The first kappa shape index (κ1) is 25.9. The highest BCUT2D eigenvalue weighted by molar-refractivity contribution is 6.02. The smallest absolute Gasteiger partial charge is 0.146 e. The van der Waals surface area contributed by atoms with Crippen molar-refractivity contribution in [3.8, 4) is 33.9 Å². The zero-order valence-electron chi connectivity index (χ0n) is 22.9. The normalized spacial score (nSPS) is 17.2. The molecule has 2 aromatic heterocycles. The summed E-state index contributed by atoms with van der Waals surface area (Å²) in [5, 5.41) is 20.4. The molecule has 0 atom stereocenters. The molecule has 5 aromatic rings. The summed E-state index contributed by atoms with van der Waals surface area (Å²) in [5.74, 6) is 1.57. The molecule has 0 aliphatic heterocycles. The van der Waals surface area contributed by atoms with Crippen molar-refractivity contribution in [3.63, 3.8) is 0 Å². The minimum absolute atomic E-state index is 0.137. The molecule has 1 aliphatic rings. The van der Waals surface area contributed by atoms with Crippen LogP contribution in [0.3, 0.4) is 0 Å². The number of aliphatic hydroxyl groups excluding tert-OH is 1. The molecule has 204 valence electrons. The molecule has 0 amide bonds. The second kappa shape index (κ2) is 11.0. The minimum Gasteiger partial charge on any atom is -0.497 e. The fourth-order valence-electron chi connectivity index (χ4n) is 5.89. The lowest BCUT2D eigenvalue weighted by atomic mass is 9.93. The summed E-state index contributed by atoms with van der Waals surface area (Å²) < 4.78 is 15.2. The van der Waals surface area contributed by atoms with Gasteiger partial charge in [0.1, 0.15) is 22.6 Å². The van der Waals surface area contributed by atoms with Gasteiger partial charge in [-0.2, -0.15) is 0 Å². The Morgan fingerprint density at radius 1 is 0.825 bits per heavy atom. The number of ether oxygens (including phenoxy) is 2. The van der Waals surface area contributed by atoms with Crippen LogP contribution in [-0.4, -0.2) is 39.5 Å². The average Bonchev–Trinajstić information content (AvgIpc) is 3.33. The van der Waals surface area contributed by atoms with Crippen LogP contribution in [0, 0.1) is 5.41 Å². The van der Waals surface area contributed by atoms with Crippen LogP contribution in [0.2, 0.25) is 0 Å². The highest BCUT2D eigenvalue weighted by Crippen LogP contribution is 2.41. The summed E-state index contributed by atoms with van der Waals surface area (Å²) in [6, 6.07) is 26.6. The van der Waals surface area contributed by atoms with Crippen LogP contribution in [0.25, 0.3) is 33.4 Å². The van der Waals surface area contributed by atoms with Crippen LogP contribution in [0.5, 0.6) is 11.5 Å². The number of methoxy groups -OCH3 is 2. The van der Waals surface area contributed by atoms with E-state index in [2.05, 4.69) is 41.0 Å². The van der Waals surface area contributed by atoms with Crippen LogP contribution in [0.15, 0.2) is 85.2 Å². The number of aromatic nitrogens is 3. The lowest BCUT2D eigenvalue weighted by Crippen LogP contribution is -2.29. The van der Waals surface area contributed by atoms with E-state index in [9.17, 15) is 10.5 Å². The van der Waals surface area contributed by atoms with Crippen LogP contribution in [-0.2, 0) is 6.54 Å². The van der Waals surface area contributed by atoms with Crippen molar-refractivity contribution >= 4 is 11.0 Å². The summed E-state index contributed by atoms with van der Waals surface area (Å²) >= 11 is 0. The first-order valence-corrected chi connectivity index (χ1v) is 13.8. The van der Waals surface area contributed by atoms with Crippen LogP contribution < -0.4 is 15.0 Å². The van der Waals surface area contributed by atoms with Gasteiger partial charge >= 0.3 is 0 Å². The van der Waals surface area contributed by atoms with Crippen molar-refractivity contribution in [2.45, 2.75) is 44.4 Å². The number of benzene rings is 3. The van der Waals surface area contributed by atoms with E-state index in [0.29, 0.717) is 12.0 Å². The van der Waals surface area contributed by atoms with E-state index in [1.165, 1.54) is 0 Å². The Bertz CT molecular complexity index is 1660. The third-order valence-corrected chi connectivity index (χ3v) is 8.02. The topological polar surface area (TPSA) is 85.3 Å². The second-order valence-electron chi connectivity index (χ2n) is 10.4. The van der Waals surface area contributed by atoms with E-state index in [-0.39, 0.29) is 12.1 Å². The van der Waals surface area contributed by atoms with E-state index in [1.54, 1.807) is 14.2 Å². The van der Waals surface area contributed by atoms with Crippen LogP contribution in [0.1, 0.15) is 37.3 Å². The van der Waals surface area contributed by atoms with E-state index in [4.69, 9.17) is 14.5 Å². The van der Waals surface area contributed by atoms with Gasteiger partial charge in [-0.1, -0.05) is 42.5 Å². The van der Waals surface area contributed by atoms with Crippen molar-refractivity contribution in [2.24, 2.45) is 0 Å². The Hall–Kier alpha value is -4.36. The van der Waals surface area contributed by atoms with Gasteiger partial charge in [0.2, 0.25) is 0 Å². The molecular formula is C33H34N4O3. The molecule has 0 bridgehead atoms. The van der Waals surface area contributed by atoms with Gasteiger partial charge in [-0.3, -0.25) is 5.41 Å². The fraction of sp³-hybridized carbons (Fsp3) is 0.273. The largest absolute Gasteiger partial charge is 0.497 e. The van der Waals surface area contributed by atoms with Gasteiger partial charge in [-0.25, -0.2) is 4.98 Å². The van der Waals surface area contributed by atoms with E-state index in [0.717, 1.165) is 76.2 Å². The number of rotatable bonds is 7. The average molecular weight is 535 g/mol. The first-order chi connectivity index (χ1) is 19.6. The van der Waals surface area contributed by atoms with Gasteiger partial charge in [0.15, 0.2) is 0 Å². The Morgan fingerprint density at radius 3 is 2.02 bits per heavy atom. The highest BCUT2D eigenvalue weighted by atomic mass is 16.5. The lowest BCUT2D eigenvalue weighted by molar-refractivity contribution is 0.109. The van der Waals surface area contributed by atoms with Gasteiger partial charge in [-0.05, 0) is 78.8 Å². The molecule has 1 aliphatic carbocycles. The number of nitrogens with one attached hydrogen (secondary N) is 1. The van der Waals surface area contributed by atoms with Crippen molar-refractivity contribution < 1.29 is 14.6 Å². The Labute approximate surface area is 233 Å². The molecule has 3 aromatic carbocycles. The summed E-state index contributed by atoms with van der Waals surface area (Å²) in [7, 11) is 3.34. The Balaban J connectivity index is 1.65. The molecule has 2 N–H and O–H groups in total. The van der Waals surface area contributed by atoms with Gasteiger partial charge in [0.25, 0.3) is 0 Å². The lowest BCUT2D eigenvalue weighted by Gasteiger charge is -2.27. The number of hydrogen-bond acceptors (Lipinski definition) is 5. The Morgan fingerprint density at radius 2 is 1.43 bits per heavy atom. The van der Waals surface area contributed by atoms with E-state index in [1.807, 2.05) is 53.4 Å². The van der Waals surface area contributed by atoms with Crippen molar-refractivity contribution in [1.82, 2.24) is 14.1 Å². The third-order valence-electron chi connectivity index (χ3n) is 8.02. The van der Waals surface area contributed by atoms with Gasteiger partial charge in [0.05, 0.1) is 37.7 Å². The van der Waals surface area contributed by atoms with Gasteiger partial charge in [0, 0.05) is 18.2 Å². The number of hydrogen-bond donors (Lipinski definition) is 2. The number of nitrogens with zero attached hydrogens (tertiary/aromatic N) is 3. The molecule has 7 nitrogen and oxygen atoms in total. The summed E-state index contributed by atoms with van der Waals surface area (Å²) in [5.41, 5.74) is 6.37. The molecule has 7 heteroatoms. The van der Waals surface area contributed by atoms with Gasteiger partial charge < -0.3 is 23.7 Å². The molecule has 0 unspecified atom stereocenters. The van der Waals surface area contributed by atoms with E-state index < -0.39 is 0 Å². The second-order valence-corrected chi connectivity index (χ2v) is 10.4. The van der Waals surface area contributed by atoms with E-state index >= 15 is 0 Å². The molecule has 0 spiro atoms. The zero-order chi connectivity index (χ0) is 27.6. The first-order valence-electron chi connectivity index (χ1n) is 13.8. The maximum atomic E-state index is 10.1. The summed E-state index contributed by atoms with van der Waals surface area (Å²) in [4.78, 5) is 5.03. The summed E-state index contributed by atoms with van der Waals surface area (Å²) in [6.45, 7) is 0.612. The zero-order valence-corrected chi connectivity index (χ0v) is 22.9. The quantitative estimate of drug-likeness (QED) is 0.261. The molecule has 0 radical (unpaired) electrons. The maximum absolute atomic E-state index is 10.1. The van der Waals surface area contributed by atoms with Crippen LogP contribution in [0.4, 0.5) is 0 Å². The predicted octanol–water partition coefficient (Wildman–Crippen LogP) is 6.19. The number of fused-ring (bicyclic) bond motifs is 1. The highest BCUT2D eigenvalue weighted by Gasteiger charge is 2.26. The molecule has 40 heavy (non-hydrogen) atoms. The van der Waals surface area contributed by atoms with Crippen molar-refractivity contribution in [2.75, 3.05) is 14.2 Å². The molecule has 2 heterocycles. The Kier molecular flexibility index (Phi) is 7.13. The summed E-state index contributed by atoms with van der Waals surface area (Å²) in [6.07, 6.45) is 4.72. The maximum Gasteiger partial charge on any atom is 0.146 e. The SMILES string of the molecule is COc1ccc(-c2c(-c3ccc(OC)cc3)n(Cc3ccccc3)c3ncn([C@H]4CC[C@@H](O)CC4)c(=N)c23)cc1. The third kappa shape index (κ3) is 4.77. The molecule has 1 fully saturated rings. The molecule has 6 rings (SSSR count). The predicted molar refractivity (Wildman–Crippen MR) is 157 cm³/mol. The number of aliphatic hydroxyl groups is 1.